The van der Waals surface area contributed by atoms with Gasteiger partial charge in [-0.15, -0.1) is 0 Å². The summed E-state index contributed by atoms with van der Waals surface area (Å²) in [6.45, 7) is 6.18. The summed E-state index contributed by atoms with van der Waals surface area (Å²) < 4.78 is 0. The number of nitrogens with one attached hydrogen (secondary N) is 2. The summed E-state index contributed by atoms with van der Waals surface area (Å²) in [5, 5.41) is 6.60. The van der Waals surface area contributed by atoms with Gasteiger partial charge in [-0.1, -0.05) is 43.5 Å². The van der Waals surface area contributed by atoms with E-state index < -0.39 is 0 Å². The number of aryl methyl sites for hydroxylation is 1. The van der Waals surface area contributed by atoms with E-state index in [2.05, 4.69) is 36.6 Å². The second kappa shape index (κ2) is 7.60. The van der Waals surface area contributed by atoms with Crippen LogP contribution in [0.15, 0.2) is 24.3 Å². The van der Waals surface area contributed by atoms with E-state index in [0.717, 1.165) is 12.8 Å². The molecule has 1 unspecified atom stereocenters. The number of hydrogen-bond donors (Lipinski definition) is 2. The molecule has 1 aromatic carbocycles. The quantitative estimate of drug-likeness (QED) is 0.871. The molecule has 2 rings (SSSR count). The molecule has 1 saturated carbocycles. The first-order valence-electron chi connectivity index (χ1n) is 8.20. The standard InChI is InChI=1S/C18H28N2O/c1-13-9-7-8-12-17(13)14(2)19-15(3)18(21)20-16-10-5-4-6-11-16/h7-9,12,14-16,19H,4-6,10-11H2,1-3H3,(H,20,21)/t14-,15?/m1/s1. The molecule has 1 amide bonds. The minimum absolute atomic E-state index is 0.127. The Morgan fingerprint density at radius 1 is 1.14 bits per heavy atom. The number of carbonyl (C=O) groups is 1. The zero-order valence-corrected chi connectivity index (χ0v) is 13.5. The highest BCUT2D eigenvalue weighted by Crippen LogP contribution is 2.19. The molecule has 0 aromatic heterocycles. The molecule has 1 aliphatic carbocycles. The Hall–Kier alpha value is -1.35. The van der Waals surface area contributed by atoms with Crippen molar-refractivity contribution in [2.24, 2.45) is 0 Å². The lowest BCUT2D eigenvalue weighted by molar-refractivity contribution is -0.123. The fourth-order valence-corrected chi connectivity index (χ4v) is 3.19. The Morgan fingerprint density at radius 2 is 1.81 bits per heavy atom. The summed E-state index contributed by atoms with van der Waals surface area (Å²) in [6, 6.07) is 8.72. The predicted molar refractivity (Wildman–Crippen MR) is 87.2 cm³/mol. The summed E-state index contributed by atoms with van der Waals surface area (Å²) in [4.78, 5) is 12.3. The first-order chi connectivity index (χ1) is 10.1. The highest BCUT2D eigenvalue weighted by Gasteiger charge is 2.21. The number of rotatable bonds is 5. The third-order valence-electron chi connectivity index (χ3n) is 4.50. The van der Waals surface area contributed by atoms with Crippen molar-refractivity contribution >= 4 is 5.91 Å². The average molecular weight is 288 g/mol. The molecule has 0 aliphatic heterocycles. The molecular weight excluding hydrogens is 260 g/mol. The van der Waals surface area contributed by atoms with Gasteiger partial charge >= 0.3 is 0 Å². The van der Waals surface area contributed by atoms with E-state index in [1.807, 2.05) is 19.1 Å². The summed E-state index contributed by atoms with van der Waals surface area (Å²) in [6.07, 6.45) is 6.06. The van der Waals surface area contributed by atoms with Gasteiger partial charge in [0.25, 0.3) is 0 Å². The maximum absolute atomic E-state index is 12.3. The van der Waals surface area contributed by atoms with Gasteiger partial charge in [0.2, 0.25) is 5.91 Å². The van der Waals surface area contributed by atoms with Gasteiger partial charge < -0.3 is 5.32 Å². The summed E-state index contributed by atoms with van der Waals surface area (Å²) in [7, 11) is 0. The minimum atomic E-state index is -0.165. The van der Waals surface area contributed by atoms with Crippen LogP contribution < -0.4 is 10.6 Å². The van der Waals surface area contributed by atoms with Gasteiger partial charge in [-0.3, -0.25) is 10.1 Å². The van der Waals surface area contributed by atoms with E-state index in [0.29, 0.717) is 6.04 Å². The Bertz CT molecular complexity index is 466. The SMILES string of the molecule is Cc1ccccc1[C@@H](C)NC(C)C(=O)NC1CCCCC1. The van der Waals surface area contributed by atoms with Crippen LogP contribution in [-0.4, -0.2) is 18.0 Å². The van der Waals surface area contributed by atoms with Crippen LogP contribution in [0, 0.1) is 6.92 Å². The Balaban J connectivity index is 1.86. The van der Waals surface area contributed by atoms with Crippen molar-refractivity contribution in [3.05, 3.63) is 35.4 Å². The van der Waals surface area contributed by atoms with Crippen molar-refractivity contribution in [2.75, 3.05) is 0 Å². The molecule has 0 heterocycles. The number of benzene rings is 1. The molecular formula is C18H28N2O. The van der Waals surface area contributed by atoms with Crippen LogP contribution in [0.25, 0.3) is 0 Å². The monoisotopic (exact) mass is 288 g/mol. The third-order valence-corrected chi connectivity index (χ3v) is 4.50. The van der Waals surface area contributed by atoms with Gasteiger partial charge in [-0.05, 0) is 44.7 Å². The topological polar surface area (TPSA) is 41.1 Å². The maximum atomic E-state index is 12.3. The predicted octanol–water partition coefficient (Wildman–Crippen LogP) is 3.48. The molecule has 0 radical (unpaired) electrons. The number of hydrogen-bond acceptors (Lipinski definition) is 2. The van der Waals surface area contributed by atoms with Crippen LogP contribution in [0.3, 0.4) is 0 Å². The molecule has 21 heavy (non-hydrogen) atoms. The molecule has 0 saturated heterocycles. The molecule has 2 N–H and O–H groups in total. The molecule has 3 nitrogen and oxygen atoms in total. The van der Waals surface area contributed by atoms with Crippen molar-refractivity contribution in [3.8, 4) is 0 Å². The van der Waals surface area contributed by atoms with E-state index in [9.17, 15) is 4.79 Å². The third kappa shape index (κ3) is 4.57. The van der Waals surface area contributed by atoms with E-state index in [-0.39, 0.29) is 18.0 Å². The lowest BCUT2D eigenvalue weighted by Gasteiger charge is -2.26. The van der Waals surface area contributed by atoms with Crippen molar-refractivity contribution in [3.63, 3.8) is 0 Å². The zero-order valence-electron chi connectivity index (χ0n) is 13.5. The van der Waals surface area contributed by atoms with Gasteiger partial charge in [0, 0.05) is 12.1 Å². The van der Waals surface area contributed by atoms with Crippen LogP contribution in [0.5, 0.6) is 0 Å². The largest absolute Gasteiger partial charge is 0.352 e. The molecule has 1 aromatic rings. The molecule has 1 aliphatic rings. The van der Waals surface area contributed by atoms with Crippen LogP contribution in [0.4, 0.5) is 0 Å². The number of carbonyl (C=O) groups excluding carboxylic acids is 1. The lowest BCUT2D eigenvalue weighted by atomic mass is 9.95. The molecule has 116 valence electrons. The van der Waals surface area contributed by atoms with Gasteiger partial charge in [0.15, 0.2) is 0 Å². The van der Waals surface area contributed by atoms with E-state index in [4.69, 9.17) is 0 Å². The molecule has 3 heteroatoms. The molecule has 0 bridgehead atoms. The highest BCUT2D eigenvalue weighted by molar-refractivity contribution is 5.81. The van der Waals surface area contributed by atoms with Crippen LogP contribution in [0.2, 0.25) is 0 Å². The fourth-order valence-electron chi connectivity index (χ4n) is 3.19. The van der Waals surface area contributed by atoms with Gasteiger partial charge in [0.1, 0.15) is 0 Å². The van der Waals surface area contributed by atoms with E-state index >= 15 is 0 Å². The smallest absolute Gasteiger partial charge is 0.237 e. The van der Waals surface area contributed by atoms with Gasteiger partial charge in [0.05, 0.1) is 6.04 Å². The van der Waals surface area contributed by atoms with Crippen LogP contribution in [-0.2, 0) is 4.79 Å². The number of amides is 1. The molecule has 2 atom stereocenters. The Kier molecular flexibility index (Phi) is 5.80. The van der Waals surface area contributed by atoms with Crippen molar-refractivity contribution in [1.29, 1.82) is 0 Å². The normalized spacial score (nSPS) is 19.0. The van der Waals surface area contributed by atoms with Crippen LogP contribution in [0.1, 0.15) is 63.1 Å². The van der Waals surface area contributed by atoms with E-state index in [1.165, 1.54) is 30.4 Å². The Labute approximate surface area is 128 Å². The minimum Gasteiger partial charge on any atom is -0.352 e. The second-order valence-electron chi connectivity index (χ2n) is 6.31. The van der Waals surface area contributed by atoms with Gasteiger partial charge in [-0.25, -0.2) is 0 Å². The second-order valence-corrected chi connectivity index (χ2v) is 6.31. The first kappa shape index (κ1) is 16.0. The summed E-state index contributed by atoms with van der Waals surface area (Å²) in [5.74, 6) is 0.127. The Morgan fingerprint density at radius 3 is 2.48 bits per heavy atom. The van der Waals surface area contributed by atoms with E-state index in [1.54, 1.807) is 0 Å². The fraction of sp³-hybridized carbons (Fsp3) is 0.611. The first-order valence-corrected chi connectivity index (χ1v) is 8.20. The van der Waals surface area contributed by atoms with Crippen molar-refractivity contribution in [2.45, 2.75) is 71.0 Å². The molecule has 0 spiro atoms. The molecule has 1 fully saturated rings. The lowest BCUT2D eigenvalue weighted by Crippen LogP contribution is -2.47. The zero-order chi connectivity index (χ0) is 15.2. The summed E-state index contributed by atoms with van der Waals surface area (Å²) in [5.41, 5.74) is 2.52. The van der Waals surface area contributed by atoms with Crippen LogP contribution >= 0.6 is 0 Å². The van der Waals surface area contributed by atoms with Crippen molar-refractivity contribution in [1.82, 2.24) is 10.6 Å². The van der Waals surface area contributed by atoms with Gasteiger partial charge in [-0.2, -0.15) is 0 Å². The highest BCUT2D eigenvalue weighted by atomic mass is 16.2. The average Bonchev–Trinajstić information content (AvgIpc) is 2.48. The summed E-state index contributed by atoms with van der Waals surface area (Å²) >= 11 is 0. The maximum Gasteiger partial charge on any atom is 0.237 e. The van der Waals surface area contributed by atoms with Crippen molar-refractivity contribution < 1.29 is 4.79 Å².